The Morgan fingerprint density at radius 3 is 2.30 bits per heavy atom. The smallest absolute Gasteiger partial charge is 0.136 e. The van der Waals surface area contributed by atoms with Crippen molar-refractivity contribution >= 4 is 17.3 Å². The quantitative estimate of drug-likeness (QED) is 0.420. The predicted molar refractivity (Wildman–Crippen MR) is 133 cm³/mol. The monoisotopic (exact) mass is 461 g/mol. The Morgan fingerprint density at radius 2 is 1.67 bits per heavy atom. The van der Waals surface area contributed by atoms with E-state index in [1.54, 1.807) is 6.07 Å². The number of hydrogen-bond donors (Lipinski definition) is 2. The van der Waals surface area contributed by atoms with Crippen LogP contribution >= 0.6 is 11.6 Å². The Balaban J connectivity index is 1.51. The lowest BCUT2D eigenvalue weighted by Crippen LogP contribution is -2.26. The molecule has 1 saturated heterocycles. The van der Waals surface area contributed by atoms with Crippen LogP contribution in [0.1, 0.15) is 29.5 Å². The number of aromatic hydroxyl groups is 1. The summed E-state index contributed by atoms with van der Waals surface area (Å²) < 4.78 is 6.00. The number of nitrogens with zero attached hydrogens (tertiary/aromatic N) is 2. The molecule has 0 atom stereocenters. The van der Waals surface area contributed by atoms with Gasteiger partial charge in [-0.15, -0.1) is 0 Å². The molecule has 170 valence electrons. The van der Waals surface area contributed by atoms with Crippen LogP contribution in [0, 0.1) is 25.2 Å². The summed E-state index contributed by atoms with van der Waals surface area (Å²) in [6, 6.07) is 17.2. The van der Waals surface area contributed by atoms with Crippen LogP contribution in [0.2, 0.25) is 5.02 Å². The third-order valence-electron chi connectivity index (χ3n) is 6.00. The SMILES string of the molecule is Cc1cc(Oc2ccc(-c3cc(O)c(C#N)c(NCCN4CCCC4)c3)cc2)cc(C)c1Cl. The van der Waals surface area contributed by atoms with Crippen molar-refractivity contribution in [1.29, 1.82) is 5.26 Å². The molecule has 4 rings (SSSR count). The molecule has 1 aliphatic heterocycles. The molecule has 33 heavy (non-hydrogen) atoms. The van der Waals surface area contributed by atoms with Crippen molar-refractivity contribution in [2.24, 2.45) is 0 Å². The summed E-state index contributed by atoms with van der Waals surface area (Å²) in [6.07, 6.45) is 2.49. The van der Waals surface area contributed by atoms with E-state index in [0.717, 1.165) is 59.2 Å². The number of aryl methyl sites for hydroxylation is 2. The topological polar surface area (TPSA) is 68.5 Å². The highest BCUT2D eigenvalue weighted by atomic mass is 35.5. The van der Waals surface area contributed by atoms with Crippen molar-refractivity contribution in [1.82, 2.24) is 4.90 Å². The number of ether oxygens (including phenoxy) is 1. The van der Waals surface area contributed by atoms with Crippen molar-refractivity contribution in [2.75, 3.05) is 31.5 Å². The summed E-state index contributed by atoms with van der Waals surface area (Å²) in [5, 5.41) is 24.1. The van der Waals surface area contributed by atoms with E-state index in [-0.39, 0.29) is 11.3 Å². The third-order valence-corrected chi connectivity index (χ3v) is 6.60. The minimum atomic E-state index is -0.0221. The molecular weight excluding hydrogens is 434 g/mol. The van der Waals surface area contributed by atoms with Crippen LogP contribution < -0.4 is 10.1 Å². The lowest BCUT2D eigenvalue weighted by atomic mass is 10.0. The van der Waals surface area contributed by atoms with Crippen LogP contribution in [0.3, 0.4) is 0 Å². The fraction of sp³-hybridized carbons (Fsp3) is 0.296. The number of nitriles is 1. The van der Waals surface area contributed by atoms with Gasteiger partial charge in [-0.2, -0.15) is 5.26 Å². The van der Waals surface area contributed by atoms with Gasteiger partial charge in [0.2, 0.25) is 0 Å². The van der Waals surface area contributed by atoms with Gasteiger partial charge in [0.05, 0.1) is 5.69 Å². The number of rotatable bonds is 7. The third kappa shape index (κ3) is 5.42. The highest BCUT2D eigenvalue weighted by molar-refractivity contribution is 6.32. The largest absolute Gasteiger partial charge is 0.506 e. The molecule has 6 heteroatoms. The zero-order chi connectivity index (χ0) is 23.4. The molecule has 0 spiro atoms. The van der Waals surface area contributed by atoms with Gasteiger partial charge in [-0.1, -0.05) is 23.7 Å². The molecule has 2 N–H and O–H groups in total. The number of nitrogens with one attached hydrogen (secondary N) is 1. The zero-order valence-electron chi connectivity index (χ0n) is 19.0. The molecule has 5 nitrogen and oxygen atoms in total. The highest BCUT2D eigenvalue weighted by Gasteiger charge is 2.14. The molecule has 1 heterocycles. The molecular formula is C27H28ClN3O2. The molecule has 1 fully saturated rings. The molecule has 0 unspecified atom stereocenters. The highest BCUT2D eigenvalue weighted by Crippen LogP contribution is 2.34. The second-order valence-electron chi connectivity index (χ2n) is 8.50. The summed E-state index contributed by atoms with van der Waals surface area (Å²) in [7, 11) is 0. The van der Waals surface area contributed by atoms with E-state index in [1.165, 1.54) is 12.8 Å². The Hall–Kier alpha value is -3.20. The number of phenols is 1. The summed E-state index contributed by atoms with van der Waals surface area (Å²) in [5.41, 5.74) is 4.63. The standard InChI is InChI=1S/C27H28ClN3O2/c1-18-13-23(14-19(2)27(18)28)33-22-7-5-20(6-8-22)21-15-25(24(17-29)26(32)16-21)30-9-12-31-10-3-4-11-31/h5-8,13-16,30,32H,3-4,9-12H2,1-2H3. The molecule has 0 aromatic heterocycles. The van der Waals surface area contributed by atoms with Gasteiger partial charge in [-0.3, -0.25) is 0 Å². The Kier molecular flexibility index (Phi) is 7.08. The first-order chi connectivity index (χ1) is 15.9. The maximum Gasteiger partial charge on any atom is 0.136 e. The number of benzene rings is 3. The van der Waals surface area contributed by atoms with Crippen LogP contribution in [0.15, 0.2) is 48.5 Å². The number of likely N-dealkylation sites (tertiary alicyclic amines) is 1. The first-order valence-electron chi connectivity index (χ1n) is 11.2. The van der Waals surface area contributed by atoms with Crippen molar-refractivity contribution < 1.29 is 9.84 Å². The van der Waals surface area contributed by atoms with Crippen molar-refractivity contribution in [3.05, 3.63) is 70.2 Å². The summed E-state index contributed by atoms with van der Waals surface area (Å²) in [5.74, 6) is 1.43. The van der Waals surface area contributed by atoms with E-state index in [1.807, 2.05) is 56.3 Å². The van der Waals surface area contributed by atoms with Gasteiger partial charge >= 0.3 is 0 Å². The average molecular weight is 462 g/mol. The maximum atomic E-state index is 10.5. The van der Waals surface area contributed by atoms with Crippen LogP contribution in [-0.4, -0.2) is 36.2 Å². The van der Waals surface area contributed by atoms with E-state index < -0.39 is 0 Å². The summed E-state index contributed by atoms with van der Waals surface area (Å²) >= 11 is 6.25. The first kappa shape index (κ1) is 23.0. The van der Waals surface area contributed by atoms with Crippen LogP contribution in [-0.2, 0) is 0 Å². The normalized spacial score (nSPS) is 13.6. The zero-order valence-corrected chi connectivity index (χ0v) is 19.7. The Labute approximate surface area is 200 Å². The van der Waals surface area contributed by atoms with E-state index in [2.05, 4.69) is 16.3 Å². The lowest BCUT2D eigenvalue weighted by molar-refractivity contribution is 0.352. The molecule has 0 saturated carbocycles. The van der Waals surface area contributed by atoms with Crippen molar-refractivity contribution in [2.45, 2.75) is 26.7 Å². The number of halogens is 1. The van der Waals surface area contributed by atoms with Gasteiger partial charge in [0.25, 0.3) is 0 Å². The van der Waals surface area contributed by atoms with Crippen LogP contribution in [0.25, 0.3) is 11.1 Å². The van der Waals surface area contributed by atoms with E-state index in [4.69, 9.17) is 16.3 Å². The Bertz CT molecular complexity index is 1160. The van der Waals surface area contributed by atoms with Crippen molar-refractivity contribution in [3.8, 4) is 34.4 Å². The minimum Gasteiger partial charge on any atom is -0.506 e. The number of phenolic OH excluding ortho intramolecular Hbond substituents is 1. The maximum absolute atomic E-state index is 10.5. The van der Waals surface area contributed by atoms with Gasteiger partial charge in [0.1, 0.15) is 28.9 Å². The van der Waals surface area contributed by atoms with E-state index >= 15 is 0 Å². The van der Waals surface area contributed by atoms with Gasteiger partial charge in [0.15, 0.2) is 0 Å². The van der Waals surface area contributed by atoms with Gasteiger partial charge in [-0.25, -0.2) is 0 Å². The second kappa shape index (κ2) is 10.2. The molecule has 1 aliphatic rings. The number of anilines is 1. The van der Waals surface area contributed by atoms with Gasteiger partial charge < -0.3 is 20.1 Å². The number of hydrogen-bond acceptors (Lipinski definition) is 5. The van der Waals surface area contributed by atoms with E-state index in [0.29, 0.717) is 11.4 Å². The predicted octanol–water partition coefficient (Wildman–Crippen LogP) is 6.50. The van der Waals surface area contributed by atoms with Crippen LogP contribution in [0.5, 0.6) is 17.2 Å². The lowest BCUT2D eigenvalue weighted by Gasteiger charge is -2.17. The second-order valence-corrected chi connectivity index (χ2v) is 8.88. The Morgan fingerprint density at radius 1 is 1.00 bits per heavy atom. The average Bonchev–Trinajstić information content (AvgIpc) is 3.31. The fourth-order valence-corrected chi connectivity index (χ4v) is 4.33. The minimum absolute atomic E-state index is 0.0221. The van der Waals surface area contributed by atoms with Gasteiger partial charge in [0, 0.05) is 18.1 Å². The molecule has 3 aromatic carbocycles. The molecule has 0 aliphatic carbocycles. The fourth-order valence-electron chi connectivity index (χ4n) is 4.22. The van der Waals surface area contributed by atoms with Gasteiger partial charge in [-0.05, 0) is 98.4 Å². The summed E-state index contributed by atoms with van der Waals surface area (Å²) in [6.45, 7) is 7.82. The first-order valence-corrected chi connectivity index (χ1v) is 11.6. The van der Waals surface area contributed by atoms with E-state index in [9.17, 15) is 10.4 Å². The molecule has 0 radical (unpaired) electrons. The summed E-state index contributed by atoms with van der Waals surface area (Å²) in [4.78, 5) is 2.41. The molecule has 0 amide bonds. The molecule has 3 aromatic rings. The molecule has 0 bridgehead atoms. The van der Waals surface area contributed by atoms with Crippen LogP contribution in [0.4, 0.5) is 5.69 Å². The van der Waals surface area contributed by atoms with Crippen molar-refractivity contribution in [3.63, 3.8) is 0 Å².